The zero-order valence-electron chi connectivity index (χ0n) is 24.9. The molecule has 1 aliphatic rings. The Hall–Kier alpha value is -4.77. The summed E-state index contributed by atoms with van der Waals surface area (Å²) in [6.45, 7) is 1.85. The van der Waals surface area contributed by atoms with Crippen molar-refractivity contribution in [2.75, 3.05) is 27.2 Å². The van der Waals surface area contributed by atoms with Crippen LogP contribution in [0.3, 0.4) is 0 Å². The van der Waals surface area contributed by atoms with Crippen LogP contribution in [-0.4, -0.2) is 43.8 Å². The van der Waals surface area contributed by atoms with Gasteiger partial charge in [0.15, 0.2) is 5.78 Å². The minimum atomic E-state index is -0.641. The molecule has 7 heteroatoms. The van der Waals surface area contributed by atoms with Crippen LogP contribution in [-0.2, 0) is 23.5 Å². The molecule has 0 radical (unpaired) electrons. The zero-order chi connectivity index (χ0) is 31.1. The highest BCUT2D eigenvalue weighted by Gasteiger charge is 2.41. The highest BCUT2D eigenvalue weighted by atomic mass is 19.1. The number of hydrogen-bond donors (Lipinski definition) is 1. The largest absolute Gasteiger partial charge is 0.481 e. The molecule has 44 heavy (non-hydrogen) atoms. The Morgan fingerprint density at radius 2 is 1.61 bits per heavy atom. The second kappa shape index (κ2) is 13.7. The Balaban J connectivity index is 1.24. The number of ether oxygens (including phenoxy) is 2. The number of benzene rings is 4. The molecule has 0 saturated heterocycles. The number of hydrogen-bond acceptors (Lipinski definition) is 5. The zero-order valence-corrected chi connectivity index (χ0v) is 24.9. The van der Waals surface area contributed by atoms with Crippen molar-refractivity contribution >= 4 is 11.7 Å². The minimum Gasteiger partial charge on any atom is -0.481 e. The van der Waals surface area contributed by atoms with Gasteiger partial charge in [0, 0.05) is 23.2 Å². The lowest BCUT2D eigenvalue weighted by atomic mass is 9.81. The fourth-order valence-electron chi connectivity index (χ4n) is 5.55. The van der Waals surface area contributed by atoms with E-state index in [9.17, 15) is 14.0 Å². The maximum atomic E-state index is 13.7. The molecule has 0 aliphatic carbocycles. The first kappa shape index (κ1) is 30.7. The van der Waals surface area contributed by atoms with Gasteiger partial charge in [0.05, 0.1) is 6.61 Å². The normalized spacial score (nSPS) is 15.4. The van der Waals surface area contributed by atoms with E-state index in [1.165, 1.54) is 12.1 Å². The first-order valence-corrected chi connectivity index (χ1v) is 14.6. The number of rotatable bonds is 12. The molecule has 224 valence electrons. The Bertz CT molecular complexity index is 1660. The molecule has 1 heterocycles. The molecule has 1 N–H and O–H groups in total. The van der Waals surface area contributed by atoms with Gasteiger partial charge in [-0.25, -0.2) is 4.39 Å². The van der Waals surface area contributed by atoms with Crippen LogP contribution in [0.15, 0.2) is 91.0 Å². The molecule has 4 aromatic carbocycles. The maximum Gasteiger partial charge on any atom is 0.251 e. The second-order valence-corrected chi connectivity index (χ2v) is 11.1. The highest BCUT2D eigenvalue weighted by Crippen LogP contribution is 2.45. The highest BCUT2D eigenvalue weighted by molar-refractivity contribution is 6.09. The van der Waals surface area contributed by atoms with Gasteiger partial charge >= 0.3 is 0 Å². The van der Waals surface area contributed by atoms with Crippen molar-refractivity contribution < 1.29 is 23.5 Å². The summed E-state index contributed by atoms with van der Waals surface area (Å²) < 4.78 is 25.6. The summed E-state index contributed by atoms with van der Waals surface area (Å²) in [4.78, 5) is 28.0. The predicted octanol–water partition coefficient (Wildman–Crippen LogP) is 6.11. The maximum absolute atomic E-state index is 13.7. The van der Waals surface area contributed by atoms with E-state index in [4.69, 9.17) is 15.9 Å². The van der Waals surface area contributed by atoms with Crippen LogP contribution in [0.5, 0.6) is 5.75 Å². The van der Waals surface area contributed by atoms with Crippen LogP contribution in [0.2, 0.25) is 0 Å². The molecular weight excluding hydrogens is 555 g/mol. The number of amides is 1. The Morgan fingerprint density at radius 3 is 2.27 bits per heavy atom. The van der Waals surface area contributed by atoms with Gasteiger partial charge in [0.2, 0.25) is 0 Å². The van der Waals surface area contributed by atoms with E-state index in [1.54, 1.807) is 60.7 Å². The topological polar surface area (TPSA) is 67.9 Å². The molecule has 1 aliphatic heterocycles. The van der Waals surface area contributed by atoms with Crippen LogP contribution >= 0.6 is 0 Å². The number of terminal acetylenes is 1. The summed E-state index contributed by atoms with van der Waals surface area (Å²) in [5.74, 6) is 2.33. The number of ketones is 1. The third-order valence-corrected chi connectivity index (χ3v) is 7.82. The van der Waals surface area contributed by atoms with Crippen LogP contribution in [0.4, 0.5) is 4.39 Å². The summed E-state index contributed by atoms with van der Waals surface area (Å²) in [7, 11) is 4.09. The van der Waals surface area contributed by atoms with Crippen molar-refractivity contribution in [3.05, 3.63) is 136 Å². The molecule has 1 amide bonds. The molecule has 0 bridgehead atoms. The third kappa shape index (κ3) is 6.89. The van der Waals surface area contributed by atoms with E-state index in [0.29, 0.717) is 35.6 Å². The molecule has 4 aromatic rings. The first-order valence-electron chi connectivity index (χ1n) is 14.6. The van der Waals surface area contributed by atoms with E-state index in [1.807, 2.05) is 20.2 Å². The molecule has 0 spiro atoms. The summed E-state index contributed by atoms with van der Waals surface area (Å²) in [5.41, 5.74) is 4.83. The smallest absolute Gasteiger partial charge is 0.251 e. The van der Waals surface area contributed by atoms with Gasteiger partial charge < -0.3 is 19.7 Å². The number of carbonyl (C=O) groups is 2. The summed E-state index contributed by atoms with van der Waals surface area (Å²) >= 11 is 0. The number of carbonyl (C=O) groups excluding carboxylic acids is 2. The molecule has 0 unspecified atom stereocenters. The van der Waals surface area contributed by atoms with Crippen LogP contribution in [0, 0.1) is 18.2 Å². The lowest BCUT2D eigenvalue weighted by Crippen LogP contribution is -2.28. The average molecular weight is 591 g/mol. The van der Waals surface area contributed by atoms with Gasteiger partial charge in [-0.3, -0.25) is 9.59 Å². The number of nitrogens with zero attached hydrogens (tertiary/aromatic N) is 1. The Labute approximate surface area is 257 Å². The van der Waals surface area contributed by atoms with Crippen LogP contribution in [0.1, 0.15) is 61.4 Å². The SMILES string of the molecule is C#CCOc1ccc(C(=O)c2ccc(C(=O)NCc3ccc4c(c3)CO[C@@]4(CCCN(C)C)c3ccc(F)cc3)cc2)cc1. The summed E-state index contributed by atoms with van der Waals surface area (Å²) in [6, 6.07) is 26.1. The monoisotopic (exact) mass is 590 g/mol. The van der Waals surface area contributed by atoms with Gasteiger partial charge in [-0.2, -0.15) is 0 Å². The number of nitrogens with one attached hydrogen (secondary N) is 1. The summed E-state index contributed by atoms with van der Waals surface area (Å²) in [5, 5.41) is 2.98. The lowest BCUT2D eigenvalue weighted by molar-refractivity contribution is -0.0140. The van der Waals surface area contributed by atoms with Gasteiger partial charge in [-0.15, -0.1) is 6.42 Å². The molecule has 5 rings (SSSR count). The van der Waals surface area contributed by atoms with Crippen molar-refractivity contribution in [3.63, 3.8) is 0 Å². The van der Waals surface area contributed by atoms with Gasteiger partial charge in [-0.1, -0.05) is 48.4 Å². The fourth-order valence-corrected chi connectivity index (χ4v) is 5.55. The van der Waals surface area contributed by atoms with Crippen molar-refractivity contribution in [1.82, 2.24) is 10.2 Å². The standard InChI is InChI=1S/C37H35FN2O4/c1-4-22-43-33-17-11-28(12-18-33)35(41)27-7-9-29(10-8-27)36(42)39-24-26-6-19-34-30(23-26)25-44-37(34,20-5-21-40(2)3)31-13-15-32(38)16-14-31/h1,6-19,23H,5,20-22,24-25H2,2-3H3,(H,39,42)/t37-/m0/s1. The van der Waals surface area contributed by atoms with E-state index in [-0.39, 0.29) is 24.1 Å². The first-order chi connectivity index (χ1) is 21.3. The van der Waals surface area contributed by atoms with Crippen molar-refractivity contribution in [3.8, 4) is 18.1 Å². The van der Waals surface area contributed by atoms with Gasteiger partial charge in [0.25, 0.3) is 5.91 Å². The molecule has 0 aromatic heterocycles. The molecular formula is C37H35FN2O4. The molecule has 6 nitrogen and oxygen atoms in total. The Kier molecular flexibility index (Phi) is 9.54. The Morgan fingerprint density at radius 1 is 0.955 bits per heavy atom. The van der Waals surface area contributed by atoms with E-state index in [0.717, 1.165) is 41.6 Å². The quantitative estimate of drug-likeness (QED) is 0.159. The summed E-state index contributed by atoms with van der Waals surface area (Å²) in [6.07, 6.45) is 6.90. The van der Waals surface area contributed by atoms with Crippen molar-refractivity contribution in [2.45, 2.75) is 31.6 Å². The molecule has 0 saturated carbocycles. The van der Waals surface area contributed by atoms with Crippen molar-refractivity contribution in [1.29, 1.82) is 0 Å². The second-order valence-electron chi connectivity index (χ2n) is 11.1. The van der Waals surface area contributed by atoms with E-state index < -0.39 is 5.60 Å². The number of halogens is 1. The lowest BCUT2D eigenvalue weighted by Gasteiger charge is -2.31. The van der Waals surface area contributed by atoms with Gasteiger partial charge in [-0.05, 0) is 104 Å². The third-order valence-electron chi connectivity index (χ3n) is 7.82. The predicted molar refractivity (Wildman–Crippen MR) is 168 cm³/mol. The van der Waals surface area contributed by atoms with E-state index in [2.05, 4.69) is 28.3 Å². The van der Waals surface area contributed by atoms with Crippen LogP contribution in [0.25, 0.3) is 0 Å². The van der Waals surface area contributed by atoms with Gasteiger partial charge in [0.1, 0.15) is 23.8 Å². The fraction of sp³-hybridized carbons (Fsp3) is 0.243. The van der Waals surface area contributed by atoms with Crippen molar-refractivity contribution in [2.24, 2.45) is 0 Å². The van der Waals surface area contributed by atoms with Crippen LogP contribution < -0.4 is 10.1 Å². The average Bonchev–Trinajstić information content (AvgIpc) is 3.41. The number of fused-ring (bicyclic) bond motifs is 1. The minimum absolute atomic E-state index is 0.153. The molecule has 1 atom stereocenters. The van der Waals surface area contributed by atoms with E-state index >= 15 is 0 Å². The molecule has 0 fully saturated rings.